The van der Waals surface area contributed by atoms with Gasteiger partial charge < -0.3 is 79.7 Å². The third-order valence-corrected chi connectivity index (χ3v) is 17.9. The van der Waals surface area contributed by atoms with Gasteiger partial charge in [-0.1, -0.05) is 96.8 Å². The lowest BCUT2D eigenvalue weighted by atomic mass is 10.0. The Morgan fingerprint density at radius 3 is 0.932 bits per heavy atom. The highest BCUT2D eigenvalue weighted by molar-refractivity contribution is 7.86. The van der Waals surface area contributed by atoms with Gasteiger partial charge in [0.05, 0.1) is 122 Å². The Kier molecular flexibility index (Phi) is 36.9. The molecule has 25 nitrogen and oxygen atoms in total. The lowest BCUT2D eigenvalue weighted by molar-refractivity contribution is -0.890. The summed E-state index contributed by atoms with van der Waals surface area (Å²) in [5, 5.41) is 102. The van der Waals surface area contributed by atoms with Crippen molar-refractivity contribution in [3.8, 4) is 0 Å². The van der Waals surface area contributed by atoms with Crippen LogP contribution in [0.5, 0.6) is 0 Å². The summed E-state index contributed by atoms with van der Waals surface area (Å²) in [6.07, 6.45) is 14.6. The predicted octanol–water partition coefficient (Wildman–Crippen LogP) is -1.61. The van der Waals surface area contributed by atoms with E-state index < -0.39 is 170 Å². The van der Waals surface area contributed by atoms with Crippen LogP contribution < -0.4 is 16.0 Å². The fourth-order valence-corrected chi connectivity index (χ4v) is 12.4. The summed E-state index contributed by atoms with van der Waals surface area (Å²) in [5.41, 5.74) is -5.71. The molecule has 0 aliphatic carbocycles. The van der Waals surface area contributed by atoms with E-state index in [1.807, 2.05) is 14.1 Å². The lowest BCUT2D eigenvalue weighted by Crippen LogP contribution is -2.64. The van der Waals surface area contributed by atoms with Crippen molar-refractivity contribution < 1.29 is 103 Å². The quantitative estimate of drug-likeness (QED) is 0.0141. The number of aliphatic hydroxyl groups excluding tert-OH is 9. The largest absolute Gasteiger partial charge is 0.501 e. The Hall–Kier alpha value is -0.693. The average molecular weight is 1140 g/mol. The first-order valence-corrected chi connectivity index (χ1v) is 32.4. The molecule has 0 amide bonds. The SMILES string of the molecule is CCCCCCCCCCCCCCCCCC[N+](C)(C)CCC[Si](OCC(CO)(CO)NCC(O)CS(=O)(=O)O)(OCC(CO)(CO)NCC(O)CS(=O)(=O)O)OCC(CO)(CO)NCC(O)CS(=O)(=O)O. The molecular formula is C44H97N4O21S3Si+. The molecule has 0 spiro atoms. The van der Waals surface area contributed by atoms with Crippen LogP contribution in [0.2, 0.25) is 6.04 Å². The van der Waals surface area contributed by atoms with Crippen molar-refractivity contribution in [1.82, 2.24) is 16.0 Å². The van der Waals surface area contributed by atoms with E-state index in [4.69, 9.17) is 13.3 Å². The highest BCUT2D eigenvalue weighted by Gasteiger charge is 2.49. The highest BCUT2D eigenvalue weighted by atomic mass is 32.2. The first kappa shape index (κ1) is 72.3. The van der Waals surface area contributed by atoms with E-state index in [2.05, 4.69) is 22.9 Å². The molecule has 0 aromatic heterocycles. The van der Waals surface area contributed by atoms with Crippen LogP contribution in [-0.2, 0) is 43.6 Å². The summed E-state index contributed by atoms with van der Waals surface area (Å²) < 4.78 is 116. The molecule has 0 saturated heterocycles. The van der Waals surface area contributed by atoms with Crippen molar-refractivity contribution in [3.05, 3.63) is 0 Å². The maximum Gasteiger partial charge on any atom is 0.501 e. The number of β-amino-alcohol motifs (C(OH)–C–C–N with tert-alkyl or cyclic N) is 3. The molecule has 0 bridgehead atoms. The van der Waals surface area contributed by atoms with Crippen molar-refractivity contribution in [1.29, 1.82) is 0 Å². The molecule has 440 valence electrons. The molecule has 0 saturated carbocycles. The maximum absolute atomic E-state index is 11.4. The van der Waals surface area contributed by atoms with Gasteiger partial charge in [-0.05, 0) is 12.8 Å². The first-order chi connectivity index (χ1) is 34.1. The molecule has 0 aromatic carbocycles. The van der Waals surface area contributed by atoms with Crippen LogP contribution in [0.3, 0.4) is 0 Å². The normalized spacial score (nSPS) is 15.7. The van der Waals surface area contributed by atoms with Crippen LogP contribution in [0.4, 0.5) is 0 Å². The summed E-state index contributed by atoms with van der Waals surface area (Å²) in [6.45, 7) is -6.16. The smallest absolute Gasteiger partial charge is 0.394 e. The van der Waals surface area contributed by atoms with Crippen LogP contribution in [0, 0.1) is 0 Å². The van der Waals surface area contributed by atoms with Gasteiger partial charge in [-0.15, -0.1) is 0 Å². The van der Waals surface area contributed by atoms with Crippen LogP contribution >= 0.6 is 0 Å². The van der Waals surface area contributed by atoms with Gasteiger partial charge in [0.2, 0.25) is 0 Å². The second-order valence-corrected chi connectivity index (χ2v) is 27.7. The molecule has 0 aromatic rings. The Labute approximate surface area is 436 Å². The van der Waals surface area contributed by atoms with Gasteiger partial charge >= 0.3 is 8.80 Å². The van der Waals surface area contributed by atoms with Crippen molar-refractivity contribution in [2.24, 2.45) is 0 Å². The molecule has 3 atom stereocenters. The van der Waals surface area contributed by atoms with E-state index in [0.29, 0.717) is 11.0 Å². The minimum absolute atomic E-state index is 0.136. The van der Waals surface area contributed by atoms with E-state index in [1.165, 1.54) is 77.0 Å². The van der Waals surface area contributed by atoms with Crippen molar-refractivity contribution in [3.63, 3.8) is 0 Å². The Morgan fingerprint density at radius 2 is 0.685 bits per heavy atom. The minimum Gasteiger partial charge on any atom is -0.394 e. The van der Waals surface area contributed by atoms with Gasteiger partial charge in [-0.25, -0.2) is 0 Å². The van der Waals surface area contributed by atoms with E-state index >= 15 is 0 Å². The Balaban J connectivity index is 6.61. The number of hydrogen-bond donors (Lipinski definition) is 15. The van der Waals surface area contributed by atoms with Crippen LogP contribution in [0.1, 0.15) is 116 Å². The second kappa shape index (κ2) is 37.2. The topological polar surface area (TPSA) is 409 Å². The van der Waals surface area contributed by atoms with E-state index in [0.717, 1.165) is 32.2 Å². The van der Waals surface area contributed by atoms with Crippen LogP contribution in [0.25, 0.3) is 0 Å². The lowest BCUT2D eigenvalue weighted by Gasteiger charge is -2.41. The maximum atomic E-state index is 11.4. The van der Waals surface area contributed by atoms with Gasteiger partial charge in [0.15, 0.2) is 0 Å². The molecule has 0 fully saturated rings. The molecule has 0 aliphatic heterocycles. The summed E-state index contributed by atoms with van der Waals surface area (Å²) in [7, 11) is -14.5. The van der Waals surface area contributed by atoms with Crippen molar-refractivity contribution in [2.75, 3.05) is 124 Å². The van der Waals surface area contributed by atoms with Gasteiger partial charge in [-0.2, -0.15) is 25.3 Å². The average Bonchev–Trinajstić information content (AvgIpc) is 3.30. The molecule has 0 rings (SSSR count). The Morgan fingerprint density at radius 1 is 0.438 bits per heavy atom. The first-order valence-electron chi connectivity index (χ1n) is 25.6. The molecule has 29 heteroatoms. The summed E-state index contributed by atoms with van der Waals surface area (Å²) in [6, 6.07) is -0.136. The molecular weight excluding hydrogens is 1040 g/mol. The molecule has 0 heterocycles. The Bertz CT molecular complexity index is 1590. The number of nitrogens with zero attached hydrogens (tertiary/aromatic N) is 1. The number of quaternary nitrogens is 1. The zero-order valence-electron chi connectivity index (χ0n) is 43.7. The van der Waals surface area contributed by atoms with Gasteiger partial charge in [0, 0.05) is 32.1 Å². The van der Waals surface area contributed by atoms with Crippen LogP contribution in [0.15, 0.2) is 0 Å². The molecule has 0 radical (unpaired) electrons. The van der Waals surface area contributed by atoms with Crippen LogP contribution in [-0.4, -0.2) is 257 Å². The standard InChI is InChI=1S/C44H96N4O21S3Si/c1-4-5-6-7-8-9-10-11-12-13-14-15-16-17-18-19-21-48(2,3)22-20-23-73(67-36-42(30-49,31-50)45-24-39(55)27-70(58,59)60,68-37-43(32-51,33-52)46-25-40(56)28-71(61,62)63)69-38-44(34-53,35-54)47-26-41(57)29-72(64,65)66/h39-41,45-47,49-57H,4-38H2,1-3H3,(H2-,58,59,60,61,62,63,64,65,66)/p+1. The van der Waals surface area contributed by atoms with Gasteiger partial charge in [0.25, 0.3) is 30.4 Å². The molecule has 15 N–H and O–H groups in total. The van der Waals surface area contributed by atoms with E-state index in [9.17, 15) is 84.9 Å². The zero-order chi connectivity index (χ0) is 55.7. The van der Waals surface area contributed by atoms with E-state index in [1.54, 1.807) is 0 Å². The number of unbranched alkanes of at least 4 members (excludes halogenated alkanes) is 15. The predicted molar refractivity (Wildman–Crippen MR) is 276 cm³/mol. The molecule has 3 unspecified atom stereocenters. The highest BCUT2D eigenvalue weighted by Crippen LogP contribution is 2.26. The third-order valence-electron chi connectivity index (χ3n) is 12.7. The summed E-state index contributed by atoms with van der Waals surface area (Å²) in [4.78, 5) is 0. The fourth-order valence-electron chi connectivity index (χ4n) is 7.83. The minimum atomic E-state index is -4.66. The van der Waals surface area contributed by atoms with Crippen molar-refractivity contribution in [2.45, 2.75) is 157 Å². The zero-order valence-corrected chi connectivity index (χ0v) is 47.1. The van der Waals surface area contributed by atoms with Gasteiger partial charge in [0.1, 0.15) is 17.3 Å². The van der Waals surface area contributed by atoms with Gasteiger partial charge in [-0.3, -0.25) is 13.7 Å². The number of nitrogens with one attached hydrogen (secondary N) is 3. The molecule has 0 aliphatic rings. The summed E-state index contributed by atoms with van der Waals surface area (Å²) in [5.74, 6) is -3.34. The number of aliphatic hydroxyl groups is 9. The van der Waals surface area contributed by atoms with E-state index in [-0.39, 0.29) is 12.5 Å². The number of rotatable bonds is 51. The molecule has 73 heavy (non-hydrogen) atoms. The summed E-state index contributed by atoms with van der Waals surface area (Å²) >= 11 is 0. The fraction of sp³-hybridized carbons (Fsp3) is 1.00. The number of hydrogen-bond acceptors (Lipinski definition) is 21. The third kappa shape index (κ3) is 35.4. The second-order valence-electron chi connectivity index (χ2n) is 20.5. The van der Waals surface area contributed by atoms with Crippen molar-refractivity contribution >= 4 is 39.2 Å². The monoisotopic (exact) mass is 1140 g/mol.